The maximum atomic E-state index is 11.4. The predicted molar refractivity (Wildman–Crippen MR) is 27.8 cm³/mol. The van der Waals surface area contributed by atoms with Crippen LogP contribution in [-0.4, -0.2) is 12.9 Å². The summed E-state index contributed by atoms with van der Waals surface area (Å²) in [5, 5.41) is 2.61. The summed E-state index contributed by atoms with van der Waals surface area (Å²) in [7, 11) is 0. The summed E-state index contributed by atoms with van der Waals surface area (Å²) in [5.74, 6) is -0.0486. The van der Waals surface area contributed by atoms with E-state index in [-0.39, 0.29) is 5.76 Å². The van der Waals surface area contributed by atoms with Crippen molar-refractivity contribution in [2.45, 2.75) is 12.8 Å². The Bertz CT molecular complexity index is 151. The van der Waals surface area contributed by atoms with Crippen LogP contribution in [0.1, 0.15) is 6.42 Å². The van der Waals surface area contributed by atoms with Crippen LogP contribution in [0, 0.1) is 0 Å². The molecule has 0 aliphatic carbocycles. The Morgan fingerprint density at radius 3 is 2.60 bits per heavy atom. The summed E-state index contributed by atoms with van der Waals surface area (Å²) in [6, 6.07) is 0. The number of ether oxygens (including phenoxy) is 1. The molecule has 5 heteroatoms. The van der Waals surface area contributed by atoms with Crippen molar-refractivity contribution in [1.29, 1.82) is 0 Å². The molecule has 0 amide bonds. The molecule has 0 bridgehead atoms. The van der Waals surface area contributed by atoms with Gasteiger partial charge in [0, 0.05) is 19.2 Å². The first-order valence-electron chi connectivity index (χ1n) is 2.76. The molecule has 0 saturated carbocycles. The van der Waals surface area contributed by atoms with Crippen molar-refractivity contribution >= 4 is 0 Å². The topological polar surface area (TPSA) is 21.3 Å². The van der Waals surface area contributed by atoms with Crippen molar-refractivity contribution in [3.05, 3.63) is 12.0 Å². The first-order valence-corrected chi connectivity index (χ1v) is 2.76. The zero-order chi connectivity index (χ0) is 7.61. The largest absolute Gasteiger partial charge is 0.572 e. The smallest absolute Gasteiger partial charge is 0.409 e. The van der Waals surface area contributed by atoms with Crippen LogP contribution in [0.2, 0.25) is 0 Å². The van der Waals surface area contributed by atoms with E-state index >= 15 is 0 Å². The third-order valence-corrected chi connectivity index (χ3v) is 1.03. The van der Waals surface area contributed by atoms with Gasteiger partial charge in [0.05, 0.1) is 0 Å². The standard InChI is InChI=1S/C5H6F3NO/c6-5(7,8)10-4-1-2-9-3-4/h3,9H,1-2H2. The third-order valence-electron chi connectivity index (χ3n) is 1.03. The first kappa shape index (κ1) is 7.24. The summed E-state index contributed by atoms with van der Waals surface area (Å²) in [5.41, 5.74) is 0. The van der Waals surface area contributed by atoms with Gasteiger partial charge in [0.25, 0.3) is 0 Å². The molecule has 0 radical (unpaired) electrons. The summed E-state index contributed by atoms with van der Waals surface area (Å²) in [6.07, 6.45) is -3.01. The monoisotopic (exact) mass is 153 g/mol. The summed E-state index contributed by atoms with van der Waals surface area (Å²) >= 11 is 0. The second-order valence-electron chi connectivity index (χ2n) is 1.86. The molecule has 0 fully saturated rings. The van der Waals surface area contributed by atoms with Crippen LogP contribution >= 0.6 is 0 Å². The molecule has 0 spiro atoms. The van der Waals surface area contributed by atoms with E-state index in [1.807, 2.05) is 0 Å². The fourth-order valence-corrected chi connectivity index (χ4v) is 0.683. The van der Waals surface area contributed by atoms with Crippen molar-refractivity contribution in [1.82, 2.24) is 5.32 Å². The SMILES string of the molecule is FC(F)(F)OC1=CNCC1. The molecular weight excluding hydrogens is 147 g/mol. The molecule has 1 aliphatic rings. The highest BCUT2D eigenvalue weighted by Gasteiger charge is 2.32. The highest BCUT2D eigenvalue weighted by Crippen LogP contribution is 2.22. The molecule has 0 unspecified atom stereocenters. The zero-order valence-electron chi connectivity index (χ0n) is 5.03. The summed E-state index contributed by atoms with van der Waals surface area (Å²) in [4.78, 5) is 0. The van der Waals surface area contributed by atoms with Crippen LogP contribution < -0.4 is 5.32 Å². The normalized spacial score (nSPS) is 18.1. The van der Waals surface area contributed by atoms with Crippen molar-refractivity contribution < 1.29 is 17.9 Å². The fraction of sp³-hybridized carbons (Fsp3) is 0.600. The molecule has 0 atom stereocenters. The van der Waals surface area contributed by atoms with Gasteiger partial charge in [-0.3, -0.25) is 0 Å². The van der Waals surface area contributed by atoms with E-state index in [9.17, 15) is 13.2 Å². The number of alkyl halides is 3. The van der Waals surface area contributed by atoms with E-state index in [0.29, 0.717) is 13.0 Å². The molecule has 0 aromatic carbocycles. The Kier molecular flexibility index (Phi) is 1.74. The molecule has 2 nitrogen and oxygen atoms in total. The number of hydrogen-bond donors (Lipinski definition) is 1. The minimum absolute atomic E-state index is 0.0486. The maximum absolute atomic E-state index is 11.4. The molecule has 0 aromatic heterocycles. The molecule has 1 heterocycles. The summed E-state index contributed by atoms with van der Waals surface area (Å²) in [6.45, 7) is 0.519. The molecule has 1 N–H and O–H groups in total. The van der Waals surface area contributed by atoms with E-state index in [0.717, 1.165) is 0 Å². The highest BCUT2D eigenvalue weighted by molar-refractivity contribution is 4.98. The number of halogens is 3. The van der Waals surface area contributed by atoms with E-state index in [1.54, 1.807) is 0 Å². The van der Waals surface area contributed by atoms with Gasteiger partial charge in [-0.1, -0.05) is 0 Å². The highest BCUT2D eigenvalue weighted by atomic mass is 19.4. The van der Waals surface area contributed by atoms with Gasteiger partial charge in [-0.25, -0.2) is 0 Å². The van der Waals surface area contributed by atoms with Gasteiger partial charge in [0.15, 0.2) is 0 Å². The Morgan fingerprint density at radius 2 is 2.20 bits per heavy atom. The fourth-order valence-electron chi connectivity index (χ4n) is 0.683. The van der Waals surface area contributed by atoms with E-state index in [1.165, 1.54) is 6.20 Å². The molecule has 1 rings (SSSR count). The van der Waals surface area contributed by atoms with E-state index in [2.05, 4.69) is 10.1 Å². The van der Waals surface area contributed by atoms with Crippen LogP contribution in [0.5, 0.6) is 0 Å². The van der Waals surface area contributed by atoms with Gasteiger partial charge in [-0.05, 0) is 0 Å². The average Bonchev–Trinajstić information content (AvgIpc) is 2.12. The van der Waals surface area contributed by atoms with E-state index in [4.69, 9.17) is 0 Å². The molecular formula is C5H6F3NO. The molecule has 0 aromatic rings. The van der Waals surface area contributed by atoms with Crippen LogP contribution in [-0.2, 0) is 4.74 Å². The van der Waals surface area contributed by atoms with Crippen molar-refractivity contribution in [2.24, 2.45) is 0 Å². The number of nitrogens with one attached hydrogen (secondary N) is 1. The lowest BCUT2D eigenvalue weighted by atomic mass is 10.4. The second-order valence-corrected chi connectivity index (χ2v) is 1.86. The van der Waals surface area contributed by atoms with Crippen LogP contribution in [0.3, 0.4) is 0 Å². The zero-order valence-corrected chi connectivity index (χ0v) is 5.03. The van der Waals surface area contributed by atoms with Crippen LogP contribution in [0.4, 0.5) is 13.2 Å². The molecule has 58 valence electrons. The Hall–Kier alpha value is -0.870. The first-order chi connectivity index (χ1) is 4.58. The Balaban J connectivity index is 2.38. The van der Waals surface area contributed by atoms with Crippen LogP contribution in [0.25, 0.3) is 0 Å². The summed E-state index contributed by atoms with van der Waals surface area (Å²) < 4.78 is 37.8. The lowest BCUT2D eigenvalue weighted by molar-refractivity contribution is -0.305. The van der Waals surface area contributed by atoms with Gasteiger partial charge >= 0.3 is 6.36 Å². The molecule has 10 heavy (non-hydrogen) atoms. The average molecular weight is 153 g/mol. The van der Waals surface area contributed by atoms with Crippen LogP contribution in [0.15, 0.2) is 12.0 Å². The molecule has 1 aliphatic heterocycles. The Labute approximate surface area is 55.7 Å². The van der Waals surface area contributed by atoms with Gasteiger partial charge in [-0.15, -0.1) is 13.2 Å². The number of hydrogen-bond acceptors (Lipinski definition) is 2. The lowest BCUT2D eigenvalue weighted by Gasteiger charge is -2.07. The third kappa shape index (κ3) is 2.16. The van der Waals surface area contributed by atoms with Crippen molar-refractivity contribution in [3.63, 3.8) is 0 Å². The van der Waals surface area contributed by atoms with E-state index < -0.39 is 6.36 Å². The second kappa shape index (κ2) is 2.40. The maximum Gasteiger partial charge on any atom is 0.572 e. The lowest BCUT2D eigenvalue weighted by Crippen LogP contribution is -2.12. The number of rotatable bonds is 1. The quantitative estimate of drug-likeness (QED) is 0.614. The minimum Gasteiger partial charge on any atom is -0.409 e. The van der Waals surface area contributed by atoms with Gasteiger partial charge < -0.3 is 10.1 Å². The predicted octanol–water partition coefficient (Wildman–Crippen LogP) is 1.36. The molecule has 0 saturated heterocycles. The van der Waals surface area contributed by atoms with Gasteiger partial charge in [-0.2, -0.15) is 0 Å². The van der Waals surface area contributed by atoms with Crippen molar-refractivity contribution in [2.75, 3.05) is 6.54 Å². The Morgan fingerprint density at radius 1 is 1.50 bits per heavy atom. The van der Waals surface area contributed by atoms with Crippen molar-refractivity contribution in [3.8, 4) is 0 Å². The van der Waals surface area contributed by atoms with Gasteiger partial charge in [0.1, 0.15) is 5.76 Å². The minimum atomic E-state index is -4.54. The van der Waals surface area contributed by atoms with Gasteiger partial charge in [0.2, 0.25) is 0 Å².